The van der Waals surface area contributed by atoms with Crippen LogP contribution in [0.4, 0.5) is 0 Å². The molecule has 1 aromatic carbocycles. The first-order chi connectivity index (χ1) is 9.52. The van der Waals surface area contributed by atoms with Crippen molar-refractivity contribution in [2.75, 3.05) is 13.2 Å². The smallest absolute Gasteiger partial charge is 0.260 e. The molecule has 1 fully saturated rings. The summed E-state index contributed by atoms with van der Waals surface area (Å²) in [5.41, 5.74) is 0.682. The maximum Gasteiger partial charge on any atom is 0.260 e. The van der Waals surface area contributed by atoms with Crippen LogP contribution in [0.25, 0.3) is 0 Å². The number of ether oxygens (including phenoxy) is 1. The number of hydrogen-bond donors (Lipinski definition) is 1. The Morgan fingerprint density at radius 3 is 2.80 bits per heavy atom. The number of rotatable bonds is 6. The summed E-state index contributed by atoms with van der Waals surface area (Å²) in [5, 5.41) is 9.75. The quantitative estimate of drug-likeness (QED) is 0.865. The highest BCUT2D eigenvalue weighted by molar-refractivity contribution is 9.10. The maximum absolute atomic E-state index is 12.1. The lowest BCUT2D eigenvalue weighted by atomic mass is 10.1. The van der Waals surface area contributed by atoms with Crippen LogP contribution in [-0.2, 0) is 4.79 Å². The lowest BCUT2D eigenvalue weighted by Crippen LogP contribution is -2.36. The van der Waals surface area contributed by atoms with Crippen LogP contribution in [0, 0.1) is 0 Å². The summed E-state index contributed by atoms with van der Waals surface area (Å²) < 4.78 is 6.48. The highest BCUT2D eigenvalue weighted by atomic mass is 79.9. The lowest BCUT2D eigenvalue weighted by molar-refractivity contribution is -0.133. The Labute approximate surface area is 127 Å². The van der Waals surface area contributed by atoms with Crippen molar-refractivity contribution in [2.45, 2.75) is 38.8 Å². The van der Waals surface area contributed by atoms with E-state index in [-0.39, 0.29) is 12.5 Å². The molecule has 1 aliphatic rings. The summed E-state index contributed by atoms with van der Waals surface area (Å²) in [5.74, 6) is 0.567. The molecule has 0 bridgehead atoms. The molecule has 2 rings (SSSR count). The number of likely N-dealkylation sites (N-methyl/N-ethyl adjacent to an activating group) is 1. The lowest BCUT2D eigenvalue weighted by Gasteiger charge is -2.21. The molecule has 0 spiro atoms. The molecule has 1 atom stereocenters. The van der Waals surface area contributed by atoms with Crippen LogP contribution in [-0.4, -0.2) is 35.1 Å². The molecule has 0 aromatic heterocycles. The van der Waals surface area contributed by atoms with Gasteiger partial charge in [0.2, 0.25) is 0 Å². The molecular formula is C15H20BrNO3. The summed E-state index contributed by atoms with van der Waals surface area (Å²) in [6, 6.07) is 5.82. The van der Waals surface area contributed by atoms with E-state index in [9.17, 15) is 9.90 Å². The minimum Gasteiger partial charge on any atom is -0.483 e. The summed E-state index contributed by atoms with van der Waals surface area (Å²) in [7, 11) is 0. The van der Waals surface area contributed by atoms with Crippen LogP contribution in [0.3, 0.4) is 0 Å². The van der Waals surface area contributed by atoms with Gasteiger partial charge in [0.1, 0.15) is 5.75 Å². The number of aliphatic hydroxyl groups is 1. The first-order valence-electron chi connectivity index (χ1n) is 6.92. The summed E-state index contributed by atoms with van der Waals surface area (Å²) >= 11 is 3.36. The van der Waals surface area contributed by atoms with E-state index in [0.29, 0.717) is 17.4 Å². The molecular weight excluding hydrogens is 322 g/mol. The summed E-state index contributed by atoms with van der Waals surface area (Å²) in [6.45, 7) is 4.40. The van der Waals surface area contributed by atoms with Crippen molar-refractivity contribution in [2.24, 2.45) is 0 Å². The van der Waals surface area contributed by atoms with Gasteiger partial charge in [-0.15, -0.1) is 0 Å². The van der Waals surface area contributed by atoms with E-state index in [1.54, 1.807) is 13.0 Å². The molecule has 1 N–H and O–H groups in total. The number of carbonyl (C=O) groups excluding carboxylic acids is 1. The highest BCUT2D eigenvalue weighted by Crippen LogP contribution is 2.29. The van der Waals surface area contributed by atoms with Crippen LogP contribution in [0.15, 0.2) is 22.7 Å². The number of halogens is 1. The molecule has 1 aromatic rings. The van der Waals surface area contributed by atoms with Crippen molar-refractivity contribution in [3.05, 3.63) is 28.2 Å². The number of amides is 1. The van der Waals surface area contributed by atoms with Crippen LogP contribution in [0.1, 0.15) is 38.4 Å². The van der Waals surface area contributed by atoms with Crippen molar-refractivity contribution in [1.29, 1.82) is 0 Å². The largest absolute Gasteiger partial charge is 0.483 e. The molecule has 1 amide bonds. The van der Waals surface area contributed by atoms with Gasteiger partial charge in [-0.2, -0.15) is 0 Å². The van der Waals surface area contributed by atoms with E-state index >= 15 is 0 Å². The van der Waals surface area contributed by atoms with Gasteiger partial charge in [-0.05, 0) is 44.9 Å². The van der Waals surface area contributed by atoms with Gasteiger partial charge in [0.15, 0.2) is 6.61 Å². The fourth-order valence-electron chi connectivity index (χ4n) is 2.22. The van der Waals surface area contributed by atoms with Gasteiger partial charge in [-0.3, -0.25) is 4.79 Å². The van der Waals surface area contributed by atoms with Gasteiger partial charge in [0.05, 0.1) is 6.10 Å². The first kappa shape index (κ1) is 15.3. The topological polar surface area (TPSA) is 49.8 Å². The fraction of sp³-hybridized carbons (Fsp3) is 0.533. The first-order valence-corrected chi connectivity index (χ1v) is 7.72. The predicted molar refractivity (Wildman–Crippen MR) is 80.7 cm³/mol. The van der Waals surface area contributed by atoms with E-state index < -0.39 is 6.10 Å². The zero-order valence-electron chi connectivity index (χ0n) is 11.8. The Hall–Kier alpha value is -1.07. The Kier molecular flexibility index (Phi) is 5.05. The second-order valence-corrected chi connectivity index (χ2v) is 5.97. The Bertz CT molecular complexity index is 486. The third-order valence-electron chi connectivity index (χ3n) is 3.42. The fourth-order valence-corrected chi connectivity index (χ4v) is 2.60. The van der Waals surface area contributed by atoms with Gasteiger partial charge in [0, 0.05) is 22.6 Å². The Balaban J connectivity index is 2.01. The second-order valence-electron chi connectivity index (χ2n) is 5.06. The normalized spacial score (nSPS) is 15.8. The summed E-state index contributed by atoms with van der Waals surface area (Å²) in [4.78, 5) is 14.0. The summed E-state index contributed by atoms with van der Waals surface area (Å²) in [6.07, 6.45) is 1.55. The van der Waals surface area contributed by atoms with Crippen molar-refractivity contribution in [3.63, 3.8) is 0 Å². The molecule has 110 valence electrons. The van der Waals surface area contributed by atoms with Crippen LogP contribution < -0.4 is 4.74 Å². The van der Waals surface area contributed by atoms with E-state index in [4.69, 9.17) is 4.74 Å². The van der Waals surface area contributed by atoms with Crippen molar-refractivity contribution < 1.29 is 14.6 Å². The monoisotopic (exact) mass is 341 g/mol. The third kappa shape index (κ3) is 3.73. The molecule has 0 radical (unpaired) electrons. The van der Waals surface area contributed by atoms with E-state index in [1.165, 1.54) is 0 Å². The number of benzene rings is 1. The van der Waals surface area contributed by atoms with Crippen LogP contribution in [0.2, 0.25) is 0 Å². The number of hydrogen-bond acceptors (Lipinski definition) is 3. The zero-order valence-corrected chi connectivity index (χ0v) is 13.4. The number of carbonyl (C=O) groups is 1. The SMILES string of the molecule is CCN(C(=O)COc1ccc(Br)cc1[C@@H](C)O)C1CC1. The van der Waals surface area contributed by atoms with E-state index in [0.717, 1.165) is 23.9 Å². The van der Waals surface area contributed by atoms with Crippen molar-refractivity contribution >= 4 is 21.8 Å². The van der Waals surface area contributed by atoms with Crippen molar-refractivity contribution in [3.8, 4) is 5.75 Å². The average molecular weight is 342 g/mol. The van der Waals surface area contributed by atoms with Gasteiger partial charge < -0.3 is 14.7 Å². The van der Waals surface area contributed by atoms with Crippen LogP contribution >= 0.6 is 15.9 Å². The van der Waals surface area contributed by atoms with Gasteiger partial charge in [-0.1, -0.05) is 15.9 Å². The molecule has 0 heterocycles. The van der Waals surface area contributed by atoms with Gasteiger partial charge in [-0.25, -0.2) is 0 Å². The van der Waals surface area contributed by atoms with Gasteiger partial charge >= 0.3 is 0 Å². The molecule has 4 nitrogen and oxygen atoms in total. The standard InChI is InChI=1S/C15H20BrNO3/c1-3-17(12-5-6-12)15(19)9-20-14-7-4-11(16)8-13(14)10(2)18/h4,7-8,10,12,18H,3,5-6,9H2,1-2H3/t10-/m1/s1. The van der Waals surface area contributed by atoms with E-state index in [1.807, 2.05) is 24.0 Å². The maximum atomic E-state index is 12.1. The molecule has 0 saturated heterocycles. The Morgan fingerprint density at radius 1 is 1.55 bits per heavy atom. The molecule has 1 saturated carbocycles. The molecule has 20 heavy (non-hydrogen) atoms. The van der Waals surface area contributed by atoms with Gasteiger partial charge in [0.25, 0.3) is 5.91 Å². The molecule has 5 heteroatoms. The number of nitrogens with zero attached hydrogens (tertiary/aromatic N) is 1. The molecule has 1 aliphatic carbocycles. The predicted octanol–water partition coefficient (Wildman–Crippen LogP) is 2.89. The third-order valence-corrected chi connectivity index (χ3v) is 3.92. The molecule has 0 aliphatic heterocycles. The number of aliphatic hydroxyl groups excluding tert-OH is 1. The minimum atomic E-state index is -0.636. The second kappa shape index (κ2) is 6.59. The van der Waals surface area contributed by atoms with E-state index in [2.05, 4.69) is 15.9 Å². The zero-order chi connectivity index (χ0) is 14.7. The molecule has 0 unspecified atom stereocenters. The Morgan fingerprint density at radius 2 is 2.25 bits per heavy atom. The highest BCUT2D eigenvalue weighted by Gasteiger charge is 2.31. The van der Waals surface area contributed by atoms with Crippen LogP contribution in [0.5, 0.6) is 5.75 Å². The minimum absolute atomic E-state index is 0.00876. The average Bonchev–Trinajstić information content (AvgIpc) is 3.22. The van der Waals surface area contributed by atoms with Crippen molar-refractivity contribution in [1.82, 2.24) is 4.90 Å².